The summed E-state index contributed by atoms with van der Waals surface area (Å²) in [6, 6.07) is -0.921. The lowest BCUT2D eigenvalue weighted by molar-refractivity contribution is -0.151. The van der Waals surface area contributed by atoms with Crippen molar-refractivity contribution in [3.05, 3.63) is 0 Å². The van der Waals surface area contributed by atoms with Crippen molar-refractivity contribution >= 4 is 11.9 Å². The summed E-state index contributed by atoms with van der Waals surface area (Å²) in [6.07, 6.45) is 3.04. The number of hydrogen-bond acceptors (Lipinski definition) is 4. The zero-order valence-electron chi connectivity index (χ0n) is 9.94. The van der Waals surface area contributed by atoms with Gasteiger partial charge in [-0.3, -0.25) is 4.79 Å². The largest absolute Gasteiger partial charge is 0.467 e. The predicted octanol–water partition coefficient (Wildman–Crippen LogP) is 0.278. The smallest absolute Gasteiger partial charge is 0.328 e. The Morgan fingerprint density at radius 1 is 1.56 bits per heavy atom. The van der Waals surface area contributed by atoms with E-state index in [0.29, 0.717) is 19.4 Å². The lowest BCUT2D eigenvalue weighted by atomic mass is 10.1. The van der Waals surface area contributed by atoms with E-state index in [1.165, 1.54) is 7.11 Å². The Kier molecular flexibility index (Phi) is 4.73. The Balaban J connectivity index is 2.64. The summed E-state index contributed by atoms with van der Waals surface area (Å²) >= 11 is 0. The van der Waals surface area contributed by atoms with Crippen LogP contribution in [0, 0.1) is 0 Å². The van der Waals surface area contributed by atoms with Gasteiger partial charge in [0.05, 0.1) is 13.2 Å². The number of amides is 1. The van der Waals surface area contributed by atoms with Crippen LogP contribution in [0.15, 0.2) is 0 Å². The van der Waals surface area contributed by atoms with Gasteiger partial charge in [0, 0.05) is 6.54 Å². The van der Waals surface area contributed by atoms with Crippen molar-refractivity contribution in [1.29, 1.82) is 0 Å². The van der Waals surface area contributed by atoms with Crippen LogP contribution in [0.1, 0.15) is 32.6 Å². The van der Waals surface area contributed by atoms with Crippen LogP contribution in [0.2, 0.25) is 0 Å². The fraction of sp³-hybridized carbons (Fsp3) is 0.818. The van der Waals surface area contributed by atoms with Crippen molar-refractivity contribution in [2.45, 2.75) is 44.7 Å². The maximum atomic E-state index is 12.0. The van der Waals surface area contributed by atoms with Gasteiger partial charge < -0.3 is 15.4 Å². The normalized spacial score (nSPS) is 21.9. The van der Waals surface area contributed by atoms with Crippen molar-refractivity contribution in [2.75, 3.05) is 13.7 Å². The number of carbonyl (C=O) groups is 2. The number of methoxy groups -OCH3 is 1. The molecule has 16 heavy (non-hydrogen) atoms. The van der Waals surface area contributed by atoms with Gasteiger partial charge >= 0.3 is 5.97 Å². The SMILES string of the molecule is CCC[C@H](N)C(=O)N1CCCC1C(=O)OC. The fourth-order valence-electron chi connectivity index (χ4n) is 2.06. The number of likely N-dealkylation sites (tertiary alicyclic amines) is 1. The molecule has 0 bridgehead atoms. The van der Waals surface area contributed by atoms with Gasteiger partial charge in [0.25, 0.3) is 0 Å². The van der Waals surface area contributed by atoms with E-state index in [-0.39, 0.29) is 11.9 Å². The molecular weight excluding hydrogens is 208 g/mol. The summed E-state index contributed by atoms with van der Waals surface area (Å²) in [6.45, 7) is 2.59. The molecule has 1 aliphatic heterocycles. The number of carbonyl (C=O) groups excluding carboxylic acids is 2. The third-order valence-corrected chi connectivity index (χ3v) is 2.93. The quantitative estimate of drug-likeness (QED) is 0.701. The van der Waals surface area contributed by atoms with Crippen molar-refractivity contribution in [3.8, 4) is 0 Å². The average molecular weight is 228 g/mol. The molecule has 1 amide bonds. The molecule has 1 aliphatic rings. The summed E-state index contributed by atoms with van der Waals surface area (Å²) in [5.41, 5.74) is 5.77. The van der Waals surface area contributed by atoms with Gasteiger partial charge in [-0.25, -0.2) is 4.79 Å². The van der Waals surface area contributed by atoms with E-state index in [1.54, 1.807) is 4.90 Å². The molecule has 92 valence electrons. The minimum absolute atomic E-state index is 0.130. The molecule has 1 rings (SSSR count). The minimum Gasteiger partial charge on any atom is -0.467 e. The summed E-state index contributed by atoms with van der Waals surface area (Å²) in [4.78, 5) is 25.0. The van der Waals surface area contributed by atoms with Crippen LogP contribution in [-0.2, 0) is 14.3 Å². The number of ether oxygens (including phenoxy) is 1. The Labute approximate surface area is 95.9 Å². The highest BCUT2D eigenvalue weighted by Gasteiger charge is 2.36. The van der Waals surface area contributed by atoms with Gasteiger partial charge in [-0.05, 0) is 19.3 Å². The maximum absolute atomic E-state index is 12.0. The van der Waals surface area contributed by atoms with E-state index in [0.717, 1.165) is 12.8 Å². The monoisotopic (exact) mass is 228 g/mol. The number of nitrogens with zero attached hydrogens (tertiary/aromatic N) is 1. The first kappa shape index (κ1) is 13.0. The molecule has 1 heterocycles. The van der Waals surface area contributed by atoms with Crippen molar-refractivity contribution < 1.29 is 14.3 Å². The summed E-state index contributed by atoms with van der Waals surface area (Å²) in [5.74, 6) is -0.468. The molecular formula is C11H20N2O3. The molecule has 0 radical (unpaired) electrons. The lowest BCUT2D eigenvalue weighted by Gasteiger charge is -2.25. The molecule has 2 atom stereocenters. The third-order valence-electron chi connectivity index (χ3n) is 2.93. The maximum Gasteiger partial charge on any atom is 0.328 e. The Morgan fingerprint density at radius 3 is 2.81 bits per heavy atom. The van der Waals surface area contributed by atoms with Gasteiger partial charge in [-0.2, -0.15) is 0 Å². The molecule has 2 N–H and O–H groups in total. The second-order valence-electron chi connectivity index (χ2n) is 4.11. The van der Waals surface area contributed by atoms with Gasteiger partial charge in [0.15, 0.2) is 0 Å². The predicted molar refractivity (Wildman–Crippen MR) is 59.6 cm³/mol. The van der Waals surface area contributed by atoms with Gasteiger partial charge in [-0.1, -0.05) is 13.3 Å². The zero-order chi connectivity index (χ0) is 12.1. The molecule has 0 saturated carbocycles. The molecule has 1 unspecified atom stereocenters. The van der Waals surface area contributed by atoms with Gasteiger partial charge in [0.2, 0.25) is 5.91 Å². The zero-order valence-corrected chi connectivity index (χ0v) is 9.94. The molecule has 5 nitrogen and oxygen atoms in total. The first-order valence-electron chi connectivity index (χ1n) is 5.75. The summed E-state index contributed by atoms with van der Waals surface area (Å²) < 4.78 is 4.68. The number of rotatable bonds is 4. The molecule has 1 saturated heterocycles. The van der Waals surface area contributed by atoms with Crippen LogP contribution >= 0.6 is 0 Å². The van der Waals surface area contributed by atoms with E-state index in [1.807, 2.05) is 6.92 Å². The van der Waals surface area contributed by atoms with Crippen LogP contribution < -0.4 is 5.73 Å². The standard InChI is InChI=1S/C11H20N2O3/c1-3-5-8(12)10(14)13-7-4-6-9(13)11(15)16-2/h8-9H,3-7,12H2,1-2H3/t8-,9?/m0/s1. The second-order valence-corrected chi connectivity index (χ2v) is 4.11. The number of esters is 1. The topological polar surface area (TPSA) is 72.6 Å². The molecule has 1 fully saturated rings. The second kappa shape index (κ2) is 5.84. The summed E-state index contributed by atoms with van der Waals surface area (Å²) in [5, 5.41) is 0. The molecule has 0 aromatic heterocycles. The number of hydrogen-bond donors (Lipinski definition) is 1. The highest BCUT2D eigenvalue weighted by molar-refractivity contribution is 5.88. The summed E-state index contributed by atoms with van der Waals surface area (Å²) in [7, 11) is 1.34. The van der Waals surface area contributed by atoms with Crippen LogP contribution in [0.3, 0.4) is 0 Å². The van der Waals surface area contributed by atoms with Crippen molar-refractivity contribution in [3.63, 3.8) is 0 Å². The van der Waals surface area contributed by atoms with E-state index in [9.17, 15) is 9.59 Å². The van der Waals surface area contributed by atoms with E-state index >= 15 is 0 Å². The molecule has 0 aromatic carbocycles. The number of nitrogens with two attached hydrogens (primary N) is 1. The minimum atomic E-state index is -0.491. The van der Waals surface area contributed by atoms with Crippen LogP contribution in [-0.4, -0.2) is 42.5 Å². The van der Waals surface area contributed by atoms with Crippen molar-refractivity contribution in [1.82, 2.24) is 4.90 Å². The highest BCUT2D eigenvalue weighted by Crippen LogP contribution is 2.19. The molecule has 0 spiro atoms. The molecule has 0 aromatic rings. The van der Waals surface area contributed by atoms with E-state index < -0.39 is 12.1 Å². The Bertz CT molecular complexity index is 268. The first-order chi connectivity index (χ1) is 7.61. The van der Waals surface area contributed by atoms with E-state index in [4.69, 9.17) is 5.73 Å². The van der Waals surface area contributed by atoms with Gasteiger partial charge in [0.1, 0.15) is 6.04 Å². The van der Waals surface area contributed by atoms with Gasteiger partial charge in [-0.15, -0.1) is 0 Å². The Morgan fingerprint density at radius 2 is 2.25 bits per heavy atom. The van der Waals surface area contributed by atoms with E-state index in [2.05, 4.69) is 4.74 Å². The van der Waals surface area contributed by atoms with Crippen LogP contribution in [0.4, 0.5) is 0 Å². The first-order valence-corrected chi connectivity index (χ1v) is 5.75. The van der Waals surface area contributed by atoms with Crippen LogP contribution in [0.25, 0.3) is 0 Å². The average Bonchev–Trinajstić information content (AvgIpc) is 2.76. The van der Waals surface area contributed by atoms with Crippen molar-refractivity contribution in [2.24, 2.45) is 5.73 Å². The molecule has 5 heteroatoms. The Hall–Kier alpha value is -1.10. The third kappa shape index (κ3) is 2.72. The highest BCUT2D eigenvalue weighted by atomic mass is 16.5. The molecule has 0 aliphatic carbocycles. The lowest BCUT2D eigenvalue weighted by Crippen LogP contribution is -2.48. The fourth-order valence-corrected chi connectivity index (χ4v) is 2.06. The van der Waals surface area contributed by atoms with Crippen LogP contribution in [0.5, 0.6) is 0 Å².